The first kappa shape index (κ1) is 13.7. The molecule has 0 aromatic carbocycles. The van der Waals surface area contributed by atoms with Crippen molar-refractivity contribution >= 4 is 5.78 Å². The number of hydrogen-bond donors (Lipinski definition) is 0. The highest BCUT2D eigenvalue weighted by Crippen LogP contribution is 2.20. The highest BCUT2D eigenvalue weighted by molar-refractivity contribution is 5.81. The van der Waals surface area contributed by atoms with E-state index in [1.165, 1.54) is 12.8 Å². The van der Waals surface area contributed by atoms with Crippen molar-refractivity contribution in [3.8, 4) is 0 Å². The number of methoxy groups -OCH3 is 1. The van der Waals surface area contributed by atoms with Crippen molar-refractivity contribution in [1.29, 1.82) is 0 Å². The fraction of sp³-hybridized carbons (Fsp3) is 0.923. The van der Waals surface area contributed by atoms with Gasteiger partial charge < -0.3 is 9.64 Å². The second-order valence-electron chi connectivity index (χ2n) is 4.87. The molecule has 0 bridgehead atoms. The maximum atomic E-state index is 11.8. The average Bonchev–Trinajstić information content (AvgIpc) is 2.45. The van der Waals surface area contributed by atoms with Gasteiger partial charge in [0, 0.05) is 39.1 Å². The van der Waals surface area contributed by atoms with Gasteiger partial charge in [-0.1, -0.05) is 12.8 Å². The molecule has 1 aliphatic carbocycles. The van der Waals surface area contributed by atoms with E-state index in [0.29, 0.717) is 5.78 Å². The predicted molar refractivity (Wildman–Crippen MR) is 65.6 cm³/mol. The lowest BCUT2D eigenvalue weighted by Crippen LogP contribution is -2.31. The molecule has 0 saturated heterocycles. The minimum atomic E-state index is 0.287. The van der Waals surface area contributed by atoms with Gasteiger partial charge in [0.05, 0.1) is 0 Å². The Hall–Kier alpha value is -0.410. The van der Waals surface area contributed by atoms with Gasteiger partial charge in [-0.2, -0.15) is 0 Å². The first-order valence-electron chi connectivity index (χ1n) is 6.44. The third-order valence-electron chi connectivity index (χ3n) is 3.35. The second kappa shape index (κ2) is 7.80. The van der Waals surface area contributed by atoms with Gasteiger partial charge in [-0.25, -0.2) is 0 Å². The molecule has 0 radical (unpaired) electrons. The number of ketones is 1. The van der Waals surface area contributed by atoms with Crippen LogP contribution in [0, 0.1) is 5.92 Å². The Balaban J connectivity index is 2.24. The Labute approximate surface area is 99.1 Å². The number of carbonyl (C=O) groups is 1. The molecule has 1 saturated carbocycles. The molecular weight excluding hydrogens is 202 g/mol. The summed E-state index contributed by atoms with van der Waals surface area (Å²) < 4.78 is 5.03. The number of rotatable bonds is 6. The molecule has 0 aliphatic heterocycles. The zero-order valence-electron chi connectivity index (χ0n) is 10.7. The summed E-state index contributed by atoms with van der Waals surface area (Å²) in [7, 11) is 3.84. The summed E-state index contributed by atoms with van der Waals surface area (Å²) in [6, 6.07) is 0. The Morgan fingerprint density at radius 1 is 1.38 bits per heavy atom. The van der Waals surface area contributed by atoms with E-state index in [0.717, 1.165) is 45.4 Å². The van der Waals surface area contributed by atoms with Crippen LogP contribution in [0.1, 0.15) is 38.5 Å². The number of ether oxygens (including phenoxy) is 1. The molecule has 1 atom stereocenters. The first-order valence-corrected chi connectivity index (χ1v) is 6.44. The maximum Gasteiger partial charge on any atom is 0.137 e. The summed E-state index contributed by atoms with van der Waals surface area (Å²) in [5.41, 5.74) is 0. The van der Waals surface area contributed by atoms with E-state index in [9.17, 15) is 4.79 Å². The number of hydrogen-bond acceptors (Lipinski definition) is 3. The molecule has 0 heterocycles. The van der Waals surface area contributed by atoms with E-state index >= 15 is 0 Å². The van der Waals surface area contributed by atoms with E-state index in [-0.39, 0.29) is 5.92 Å². The van der Waals surface area contributed by atoms with Crippen molar-refractivity contribution in [2.45, 2.75) is 38.5 Å². The fourth-order valence-corrected chi connectivity index (χ4v) is 2.37. The zero-order chi connectivity index (χ0) is 11.8. The van der Waals surface area contributed by atoms with Crippen LogP contribution in [0.15, 0.2) is 0 Å². The maximum absolute atomic E-state index is 11.8. The van der Waals surface area contributed by atoms with Crippen LogP contribution in [0.5, 0.6) is 0 Å². The third kappa shape index (κ3) is 5.08. The van der Waals surface area contributed by atoms with Crippen molar-refractivity contribution < 1.29 is 9.53 Å². The number of nitrogens with zero attached hydrogens (tertiary/aromatic N) is 1. The first-order chi connectivity index (χ1) is 7.74. The fourth-order valence-electron chi connectivity index (χ4n) is 2.37. The molecule has 16 heavy (non-hydrogen) atoms. The third-order valence-corrected chi connectivity index (χ3v) is 3.35. The molecule has 1 fully saturated rings. The molecule has 1 aliphatic rings. The lowest BCUT2D eigenvalue weighted by Gasteiger charge is -2.21. The molecule has 0 N–H and O–H groups in total. The van der Waals surface area contributed by atoms with Crippen LogP contribution in [0.4, 0.5) is 0 Å². The van der Waals surface area contributed by atoms with Crippen LogP contribution in [0.25, 0.3) is 0 Å². The van der Waals surface area contributed by atoms with Crippen molar-refractivity contribution in [2.24, 2.45) is 5.92 Å². The SMILES string of the molecule is COCCCN(C)CC1CCCCCC1=O. The molecule has 94 valence electrons. The van der Waals surface area contributed by atoms with Gasteiger partial charge in [-0.05, 0) is 26.3 Å². The Bertz CT molecular complexity index is 206. The van der Waals surface area contributed by atoms with Gasteiger partial charge in [-0.15, -0.1) is 0 Å². The van der Waals surface area contributed by atoms with Crippen LogP contribution in [-0.2, 0) is 9.53 Å². The highest BCUT2D eigenvalue weighted by atomic mass is 16.5. The molecule has 0 aromatic heterocycles. The number of carbonyl (C=O) groups excluding carboxylic acids is 1. The summed E-state index contributed by atoms with van der Waals surface area (Å²) >= 11 is 0. The summed E-state index contributed by atoms with van der Waals surface area (Å²) in [5.74, 6) is 0.770. The van der Waals surface area contributed by atoms with Gasteiger partial charge in [-0.3, -0.25) is 4.79 Å². The summed E-state index contributed by atoms with van der Waals surface area (Å²) in [4.78, 5) is 14.1. The topological polar surface area (TPSA) is 29.5 Å². The van der Waals surface area contributed by atoms with Crippen molar-refractivity contribution in [3.05, 3.63) is 0 Å². The lowest BCUT2D eigenvalue weighted by molar-refractivity contribution is -0.123. The monoisotopic (exact) mass is 227 g/mol. The van der Waals surface area contributed by atoms with Crippen LogP contribution in [0.3, 0.4) is 0 Å². The minimum Gasteiger partial charge on any atom is -0.385 e. The summed E-state index contributed by atoms with van der Waals surface area (Å²) in [6.07, 6.45) is 6.50. The Kier molecular flexibility index (Phi) is 6.65. The van der Waals surface area contributed by atoms with Crippen molar-refractivity contribution in [2.75, 3.05) is 33.9 Å². The second-order valence-corrected chi connectivity index (χ2v) is 4.87. The van der Waals surface area contributed by atoms with Gasteiger partial charge in [0.25, 0.3) is 0 Å². The molecule has 0 amide bonds. The van der Waals surface area contributed by atoms with E-state index in [4.69, 9.17) is 4.74 Å². The molecule has 0 spiro atoms. The van der Waals surface area contributed by atoms with Gasteiger partial charge in [0.1, 0.15) is 5.78 Å². The molecule has 3 heteroatoms. The molecule has 0 aromatic rings. The van der Waals surface area contributed by atoms with Crippen LogP contribution < -0.4 is 0 Å². The molecule has 3 nitrogen and oxygen atoms in total. The van der Waals surface area contributed by atoms with Crippen molar-refractivity contribution in [3.63, 3.8) is 0 Å². The smallest absolute Gasteiger partial charge is 0.137 e. The van der Waals surface area contributed by atoms with E-state index < -0.39 is 0 Å². The van der Waals surface area contributed by atoms with Crippen molar-refractivity contribution in [1.82, 2.24) is 4.90 Å². The standard InChI is InChI=1S/C13H25NO2/c1-14(9-6-10-16-2)11-12-7-4-3-5-8-13(12)15/h12H,3-11H2,1-2H3. The minimum absolute atomic E-state index is 0.287. The normalized spacial score (nSPS) is 22.4. The quantitative estimate of drug-likeness (QED) is 0.514. The Morgan fingerprint density at radius 3 is 2.94 bits per heavy atom. The molecular formula is C13H25NO2. The van der Waals surface area contributed by atoms with Gasteiger partial charge >= 0.3 is 0 Å². The average molecular weight is 227 g/mol. The van der Waals surface area contributed by atoms with Crippen LogP contribution in [0.2, 0.25) is 0 Å². The van der Waals surface area contributed by atoms with E-state index in [2.05, 4.69) is 11.9 Å². The van der Waals surface area contributed by atoms with Crippen LogP contribution >= 0.6 is 0 Å². The molecule has 1 unspecified atom stereocenters. The Morgan fingerprint density at radius 2 is 2.19 bits per heavy atom. The number of Topliss-reactive ketones (excluding diaryl/α,β-unsaturated/α-hetero) is 1. The van der Waals surface area contributed by atoms with Gasteiger partial charge in [0.15, 0.2) is 0 Å². The lowest BCUT2D eigenvalue weighted by atomic mass is 9.98. The predicted octanol–water partition coefficient (Wildman–Crippen LogP) is 2.10. The molecule has 1 rings (SSSR count). The zero-order valence-corrected chi connectivity index (χ0v) is 10.7. The summed E-state index contributed by atoms with van der Waals surface area (Å²) in [5, 5.41) is 0. The van der Waals surface area contributed by atoms with Gasteiger partial charge in [0.2, 0.25) is 0 Å². The largest absolute Gasteiger partial charge is 0.385 e. The van der Waals surface area contributed by atoms with E-state index in [1.54, 1.807) is 7.11 Å². The van der Waals surface area contributed by atoms with Crippen LogP contribution in [-0.4, -0.2) is 44.5 Å². The summed E-state index contributed by atoms with van der Waals surface area (Å²) in [6.45, 7) is 2.77. The highest BCUT2D eigenvalue weighted by Gasteiger charge is 2.21. The van der Waals surface area contributed by atoms with E-state index in [1.807, 2.05) is 0 Å².